The molecule has 128 valence electrons. The van der Waals surface area contributed by atoms with Gasteiger partial charge in [-0.05, 0) is 42.5 Å². The van der Waals surface area contributed by atoms with Gasteiger partial charge in [-0.3, -0.25) is 9.59 Å². The lowest BCUT2D eigenvalue weighted by atomic mass is 9.95. The Kier molecular flexibility index (Phi) is 4.60. The maximum Gasteiger partial charge on any atom is 0.224 e. The molecule has 1 fully saturated rings. The lowest BCUT2D eigenvalue weighted by Gasteiger charge is -2.11. The highest BCUT2D eigenvalue weighted by atomic mass is 16.3. The minimum absolute atomic E-state index is 0.0504. The van der Waals surface area contributed by atoms with Crippen molar-refractivity contribution in [1.29, 1.82) is 0 Å². The molecule has 1 aromatic carbocycles. The number of fused-ring (bicyclic) bond motifs is 1. The Morgan fingerprint density at radius 1 is 1.42 bits per heavy atom. The van der Waals surface area contributed by atoms with Crippen molar-refractivity contribution >= 4 is 22.8 Å². The van der Waals surface area contributed by atoms with Crippen molar-refractivity contribution in [3.8, 4) is 0 Å². The van der Waals surface area contributed by atoms with Crippen LogP contribution in [0.5, 0.6) is 0 Å². The van der Waals surface area contributed by atoms with E-state index in [9.17, 15) is 9.59 Å². The Balaban J connectivity index is 1.69. The van der Waals surface area contributed by atoms with Gasteiger partial charge in [-0.25, -0.2) is 0 Å². The topological polar surface area (TPSA) is 71.3 Å². The molecule has 0 unspecified atom stereocenters. The fourth-order valence-electron chi connectivity index (χ4n) is 3.31. The highest BCUT2D eigenvalue weighted by Crippen LogP contribution is 2.29. The summed E-state index contributed by atoms with van der Waals surface area (Å²) in [6.07, 6.45) is 3.29. The molecule has 5 nitrogen and oxygen atoms in total. The number of nitrogens with one attached hydrogen (secondary N) is 2. The van der Waals surface area contributed by atoms with Crippen molar-refractivity contribution in [2.24, 2.45) is 0 Å². The van der Waals surface area contributed by atoms with E-state index < -0.39 is 0 Å². The average Bonchev–Trinajstić information content (AvgIpc) is 3.10. The molecule has 0 spiro atoms. The number of aryl methyl sites for hydroxylation is 1. The molecule has 0 bridgehead atoms. The minimum Gasteiger partial charge on any atom is -0.464 e. The second-order valence-electron chi connectivity index (χ2n) is 6.90. The van der Waals surface area contributed by atoms with Crippen LogP contribution in [-0.2, 0) is 16.0 Å². The Morgan fingerprint density at radius 3 is 2.88 bits per heavy atom. The van der Waals surface area contributed by atoms with Crippen LogP contribution in [-0.4, -0.2) is 24.4 Å². The molecule has 0 radical (unpaired) electrons. The van der Waals surface area contributed by atoms with E-state index in [0.29, 0.717) is 18.9 Å². The number of benzene rings is 1. The summed E-state index contributed by atoms with van der Waals surface area (Å²) in [7, 11) is 0. The summed E-state index contributed by atoms with van der Waals surface area (Å²) in [6, 6.07) is 4.23. The van der Waals surface area contributed by atoms with Gasteiger partial charge in [0.1, 0.15) is 5.58 Å². The molecular formula is C19H24N2O3. The van der Waals surface area contributed by atoms with Gasteiger partial charge in [-0.15, -0.1) is 0 Å². The van der Waals surface area contributed by atoms with Crippen LogP contribution in [0.3, 0.4) is 0 Å². The summed E-state index contributed by atoms with van der Waals surface area (Å²) < 4.78 is 5.62. The van der Waals surface area contributed by atoms with Crippen molar-refractivity contribution in [2.45, 2.75) is 52.0 Å². The monoisotopic (exact) mass is 328 g/mol. The summed E-state index contributed by atoms with van der Waals surface area (Å²) in [4.78, 5) is 23.4. The smallest absolute Gasteiger partial charge is 0.224 e. The van der Waals surface area contributed by atoms with Gasteiger partial charge in [0.2, 0.25) is 11.8 Å². The molecule has 0 saturated carbocycles. The zero-order valence-corrected chi connectivity index (χ0v) is 14.4. The van der Waals surface area contributed by atoms with E-state index in [-0.39, 0.29) is 24.3 Å². The summed E-state index contributed by atoms with van der Waals surface area (Å²) in [5.74, 6) is 0.439. The van der Waals surface area contributed by atoms with Gasteiger partial charge in [-0.2, -0.15) is 0 Å². The molecule has 3 rings (SSSR count). The number of hydrogen-bond donors (Lipinski definition) is 2. The normalized spacial score (nSPS) is 17.5. The van der Waals surface area contributed by atoms with Gasteiger partial charge in [0, 0.05) is 30.0 Å². The Labute approximate surface area is 141 Å². The molecule has 24 heavy (non-hydrogen) atoms. The first-order chi connectivity index (χ1) is 11.4. The van der Waals surface area contributed by atoms with Crippen LogP contribution in [0.1, 0.15) is 49.3 Å². The highest BCUT2D eigenvalue weighted by Gasteiger charge is 2.21. The number of furan rings is 1. The first-order valence-electron chi connectivity index (χ1n) is 8.50. The van der Waals surface area contributed by atoms with Crippen LogP contribution in [0.2, 0.25) is 0 Å². The van der Waals surface area contributed by atoms with E-state index in [1.165, 1.54) is 11.1 Å². The predicted molar refractivity (Wildman–Crippen MR) is 92.9 cm³/mol. The minimum atomic E-state index is -0.0504. The van der Waals surface area contributed by atoms with Crippen LogP contribution < -0.4 is 10.6 Å². The van der Waals surface area contributed by atoms with E-state index in [4.69, 9.17) is 4.42 Å². The number of hydrogen-bond acceptors (Lipinski definition) is 3. The molecule has 0 aliphatic carbocycles. The first kappa shape index (κ1) is 16.6. The summed E-state index contributed by atoms with van der Waals surface area (Å²) in [5, 5.41) is 6.76. The molecular weight excluding hydrogens is 304 g/mol. The molecule has 1 aliphatic heterocycles. The lowest BCUT2D eigenvalue weighted by Crippen LogP contribution is -2.38. The number of carbonyl (C=O) groups is 2. The molecule has 5 heteroatoms. The van der Waals surface area contributed by atoms with Gasteiger partial charge in [0.05, 0.1) is 12.7 Å². The third-order valence-electron chi connectivity index (χ3n) is 4.65. The number of rotatable bonds is 5. The maximum absolute atomic E-state index is 12.2. The standard InChI is InChI=1S/C19H24N2O3/c1-11(2)15-8-16-13(10-24-17(16)6-12(15)3)7-19(23)20-9-14-4-5-18(22)21-14/h6,8,10-11,14H,4-5,7,9H2,1-3H3,(H,20,23)(H,21,22)/t14-/m0/s1. The zero-order valence-electron chi connectivity index (χ0n) is 14.4. The van der Waals surface area contributed by atoms with E-state index in [0.717, 1.165) is 23.0 Å². The average molecular weight is 328 g/mol. The fraction of sp³-hybridized carbons (Fsp3) is 0.474. The molecule has 1 saturated heterocycles. The second kappa shape index (κ2) is 6.67. The highest BCUT2D eigenvalue weighted by molar-refractivity contribution is 5.88. The predicted octanol–water partition coefficient (Wildman–Crippen LogP) is 2.80. The Bertz CT molecular complexity index is 776. The number of carbonyl (C=O) groups excluding carboxylic acids is 2. The van der Waals surface area contributed by atoms with Gasteiger partial charge in [0.25, 0.3) is 0 Å². The Morgan fingerprint density at radius 2 is 2.21 bits per heavy atom. The third-order valence-corrected chi connectivity index (χ3v) is 4.65. The summed E-state index contributed by atoms with van der Waals surface area (Å²) in [6.45, 7) is 6.89. The van der Waals surface area contributed by atoms with Gasteiger partial charge in [-0.1, -0.05) is 13.8 Å². The molecule has 2 amide bonds. The van der Waals surface area contributed by atoms with Crippen LogP contribution in [0, 0.1) is 6.92 Å². The fourth-order valence-corrected chi connectivity index (χ4v) is 3.31. The quantitative estimate of drug-likeness (QED) is 0.886. The van der Waals surface area contributed by atoms with Gasteiger partial charge in [0.15, 0.2) is 0 Å². The van der Waals surface area contributed by atoms with Gasteiger partial charge >= 0.3 is 0 Å². The molecule has 2 N–H and O–H groups in total. The molecule has 1 atom stereocenters. The SMILES string of the molecule is Cc1cc2occ(CC(=O)NC[C@@H]3CCC(=O)N3)c2cc1C(C)C. The second-order valence-corrected chi connectivity index (χ2v) is 6.90. The lowest BCUT2D eigenvalue weighted by molar-refractivity contribution is -0.121. The maximum atomic E-state index is 12.2. The third kappa shape index (κ3) is 3.45. The number of amides is 2. The summed E-state index contributed by atoms with van der Waals surface area (Å²) in [5.41, 5.74) is 4.21. The van der Waals surface area contributed by atoms with Gasteiger partial charge < -0.3 is 15.1 Å². The molecule has 2 aromatic rings. The van der Waals surface area contributed by atoms with Crippen molar-refractivity contribution < 1.29 is 14.0 Å². The van der Waals surface area contributed by atoms with Crippen LogP contribution >= 0.6 is 0 Å². The summed E-state index contributed by atoms with van der Waals surface area (Å²) >= 11 is 0. The zero-order chi connectivity index (χ0) is 17.3. The van der Waals surface area contributed by atoms with Crippen molar-refractivity contribution in [3.05, 3.63) is 35.1 Å². The van der Waals surface area contributed by atoms with Crippen molar-refractivity contribution in [3.63, 3.8) is 0 Å². The van der Waals surface area contributed by atoms with E-state index in [2.05, 4.69) is 37.5 Å². The molecule has 1 aliphatic rings. The molecule has 1 aromatic heterocycles. The largest absolute Gasteiger partial charge is 0.464 e. The van der Waals surface area contributed by atoms with Crippen molar-refractivity contribution in [2.75, 3.05) is 6.54 Å². The van der Waals surface area contributed by atoms with Crippen LogP contribution in [0.25, 0.3) is 11.0 Å². The first-order valence-corrected chi connectivity index (χ1v) is 8.50. The van der Waals surface area contributed by atoms with E-state index >= 15 is 0 Å². The van der Waals surface area contributed by atoms with Crippen LogP contribution in [0.15, 0.2) is 22.8 Å². The van der Waals surface area contributed by atoms with E-state index in [1.54, 1.807) is 6.26 Å². The molecule has 2 heterocycles. The van der Waals surface area contributed by atoms with Crippen molar-refractivity contribution in [1.82, 2.24) is 10.6 Å². The van der Waals surface area contributed by atoms with Crippen LogP contribution in [0.4, 0.5) is 0 Å². The van der Waals surface area contributed by atoms with E-state index in [1.807, 2.05) is 6.07 Å². The Hall–Kier alpha value is -2.30.